The molecule has 0 bridgehead atoms. The second-order valence-corrected chi connectivity index (χ2v) is 7.09. The van der Waals surface area contributed by atoms with Crippen LogP contribution in [0.25, 0.3) is 11.4 Å². The van der Waals surface area contributed by atoms with Crippen LogP contribution in [-0.2, 0) is 4.79 Å². The first-order valence-electron chi connectivity index (χ1n) is 8.48. The lowest BCUT2D eigenvalue weighted by Gasteiger charge is -2.19. The average Bonchev–Trinajstić information content (AvgIpc) is 3.25. The highest BCUT2D eigenvalue weighted by Crippen LogP contribution is 2.33. The predicted molar refractivity (Wildman–Crippen MR) is 100 cm³/mol. The molecule has 1 aromatic heterocycles. The van der Waals surface area contributed by atoms with E-state index in [-0.39, 0.29) is 11.8 Å². The lowest BCUT2D eigenvalue weighted by atomic mass is 10.1. The maximum absolute atomic E-state index is 12.6. The Morgan fingerprint density at radius 2 is 1.92 bits per heavy atom. The number of aromatic nitrogens is 2. The van der Waals surface area contributed by atoms with Crippen molar-refractivity contribution in [2.75, 3.05) is 11.4 Å². The van der Waals surface area contributed by atoms with Crippen molar-refractivity contribution in [1.82, 2.24) is 10.1 Å². The van der Waals surface area contributed by atoms with Crippen LogP contribution in [0.5, 0.6) is 0 Å². The Kier molecular flexibility index (Phi) is 4.24. The number of carbonyl (C=O) groups excluding carboxylic acids is 1. The second kappa shape index (κ2) is 6.57. The highest BCUT2D eigenvalue weighted by molar-refractivity contribution is 6.30. The Bertz CT molecular complexity index is 965. The molecule has 0 saturated carbocycles. The second-order valence-electron chi connectivity index (χ2n) is 6.66. The first-order valence-corrected chi connectivity index (χ1v) is 8.86. The molecule has 0 N–H and O–H groups in total. The third-order valence-corrected chi connectivity index (χ3v) is 4.93. The summed E-state index contributed by atoms with van der Waals surface area (Å²) in [6.45, 7) is 4.59. The molecule has 1 aliphatic heterocycles. The number of hydrogen-bond acceptors (Lipinski definition) is 4. The molecule has 5 nitrogen and oxygen atoms in total. The van der Waals surface area contributed by atoms with Crippen LogP contribution < -0.4 is 4.90 Å². The standard InChI is InChI=1S/C20H18ClN3O2/c1-12-3-4-13(2)17(9-12)24-11-15(10-18(24)25)20-22-19(23-26-20)14-5-7-16(21)8-6-14/h3-9,15H,10-11H2,1-2H3. The third-order valence-electron chi connectivity index (χ3n) is 4.67. The van der Waals surface area contributed by atoms with Gasteiger partial charge in [-0.3, -0.25) is 4.79 Å². The molecule has 132 valence electrons. The molecule has 2 heterocycles. The molecule has 1 saturated heterocycles. The van der Waals surface area contributed by atoms with Gasteiger partial charge in [-0.25, -0.2) is 0 Å². The lowest BCUT2D eigenvalue weighted by Crippen LogP contribution is -2.25. The quantitative estimate of drug-likeness (QED) is 0.682. The molecule has 6 heteroatoms. The Balaban J connectivity index is 1.58. The SMILES string of the molecule is Cc1ccc(C)c(N2CC(c3nc(-c4ccc(Cl)cc4)no3)CC2=O)c1. The van der Waals surface area contributed by atoms with Gasteiger partial charge in [0.25, 0.3) is 0 Å². The lowest BCUT2D eigenvalue weighted by molar-refractivity contribution is -0.117. The van der Waals surface area contributed by atoms with Crippen LogP contribution in [0.2, 0.25) is 5.02 Å². The molecule has 1 atom stereocenters. The molecule has 1 amide bonds. The first kappa shape index (κ1) is 16.8. The van der Waals surface area contributed by atoms with Crippen molar-refractivity contribution in [1.29, 1.82) is 0 Å². The number of nitrogens with zero attached hydrogens (tertiary/aromatic N) is 3. The van der Waals surface area contributed by atoms with Gasteiger partial charge in [0, 0.05) is 29.2 Å². The van der Waals surface area contributed by atoms with E-state index in [0.29, 0.717) is 29.7 Å². The summed E-state index contributed by atoms with van der Waals surface area (Å²) in [6, 6.07) is 13.4. The molecule has 0 aliphatic carbocycles. The van der Waals surface area contributed by atoms with Gasteiger partial charge in [0.05, 0.1) is 5.92 Å². The van der Waals surface area contributed by atoms with E-state index in [1.54, 1.807) is 12.1 Å². The summed E-state index contributed by atoms with van der Waals surface area (Å²) in [7, 11) is 0. The summed E-state index contributed by atoms with van der Waals surface area (Å²) in [4.78, 5) is 18.9. The van der Waals surface area contributed by atoms with Gasteiger partial charge in [-0.1, -0.05) is 28.9 Å². The fourth-order valence-electron chi connectivity index (χ4n) is 3.23. The summed E-state index contributed by atoms with van der Waals surface area (Å²) in [5.74, 6) is 0.983. The van der Waals surface area contributed by atoms with Crippen molar-refractivity contribution in [3.05, 3.63) is 64.5 Å². The highest BCUT2D eigenvalue weighted by Gasteiger charge is 2.35. The maximum Gasteiger partial charge on any atom is 0.232 e. The van der Waals surface area contributed by atoms with Gasteiger partial charge >= 0.3 is 0 Å². The van der Waals surface area contributed by atoms with Crippen LogP contribution in [0, 0.1) is 13.8 Å². The van der Waals surface area contributed by atoms with Crippen molar-refractivity contribution in [3.63, 3.8) is 0 Å². The number of aryl methyl sites for hydroxylation is 2. The maximum atomic E-state index is 12.6. The van der Waals surface area contributed by atoms with Gasteiger partial charge in [0.15, 0.2) is 0 Å². The van der Waals surface area contributed by atoms with E-state index in [1.807, 2.05) is 49.1 Å². The fraction of sp³-hybridized carbons (Fsp3) is 0.250. The van der Waals surface area contributed by atoms with Gasteiger partial charge in [-0.15, -0.1) is 0 Å². The van der Waals surface area contributed by atoms with Crippen LogP contribution in [0.15, 0.2) is 47.0 Å². The monoisotopic (exact) mass is 367 g/mol. The summed E-state index contributed by atoms with van der Waals surface area (Å²) in [6.07, 6.45) is 0.371. The smallest absolute Gasteiger partial charge is 0.232 e. The molecule has 3 aromatic rings. The molecule has 1 aliphatic rings. The van der Waals surface area contributed by atoms with Crippen molar-refractivity contribution in [2.45, 2.75) is 26.2 Å². The zero-order chi connectivity index (χ0) is 18.3. The number of amides is 1. The third kappa shape index (κ3) is 3.10. The van der Waals surface area contributed by atoms with Crippen LogP contribution in [0.3, 0.4) is 0 Å². The summed E-state index contributed by atoms with van der Waals surface area (Å²) < 4.78 is 5.45. The topological polar surface area (TPSA) is 59.2 Å². The minimum atomic E-state index is -0.101. The summed E-state index contributed by atoms with van der Waals surface area (Å²) >= 11 is 5.91. The van der Waals surface area contributed by atoms with E-state index in [2.05, 4.69) is 10.1 Å². The number of rotatable bonds is 3. The van der Waals surface area contributed by atoms with Crippen molar-refractivity contribution < 1.29 is 9.32 Å². The minimum absolute atomic E-state index is 0.0787. The molecular formula is C20H18ClN3O2. The number of hydrogen-bond donors (Lipinski definition) is 0. The minimum Gasteiger partial charge on any atom is -0.339 e. The van der Waals surface area contributed by atoms with Crippen molar-refractivity contribution in [2.24, 2.45) is 0 Å². The average molecular weight is 368 g/mol. The van der Waals surface area contributed by atoms with Gasteiger partial charge in [-0.05, 0) is 55.3 Å². The number of benzene rings is 2. The van der Waals surface area contributed by atoms with E-state index in [0.717, 1.165) is 22.4 Å². The largest absolute Gasteiger partial charge is 0.339 e. The van der Waals surface area contributed by atoms with Crippen molar-refractivity contribution >= 4 is 23.2 Å². The van der Waals surface area contributed by atoms with Gasteiger partial charge < -0.3 is 9.42 Å². The molecular weight excluding hydrogens is 350 g/mol. The molecule has 1 fully saturated rings. The molecule has 0 spiro atoms. The summed E-state index contributed by atoms with van der Waals surface area (Å²) in [5, 5.41) is 4.71. The Hall–Kier alpha value is -2.66. The number of carbonyl (C=O) groups is 1. The molecule has 4 rings (SSSR count). The van der Waals surface area contributed by atoms with E-state index < -0.39 is 0 Å². The normalized spacial score (nSPS) is 17.1. The van der Waals surface area contributed by atoms with Crippen LogP contribution in [0.4, 0.5) is 5.69 Å². The van der Waals surface area contributed by atoms with Crippen LogP contribution in [-0.4, -0.2) is 22.6 Å². The van der Waals surface area contributed by atoms with Gasteiger partial charge in [-0.2, -0.15) is 4.98 Å². The van der Waals surface area contributed by atoms with E-state index in [1.165, 1.54) is 0 Å². The molecule has 0 radical (unpaired) electrons. The van der Waals surface area contributed by atoms with E-state index in [9.17, 15) is 4.79 Å². The van der Waals surface area contributed by atoms with Crippen LogP contribution in [0.1, 0.15) is 29.4 Å². The first-order chi connectivity index (χ1) is 12.5. The summed E-state index contributed by atoms with van der Waals surface area (Å²) in [5.41, 5.74) is 4.00. The zero-order valence-electron chi connectivity index (χ0n) is 14.6. The highest BCUT2D eigenvalue weighted by atomic mass is 35.5. The molecule has 2 aromatic carbocycles. The Morgan fingerprint density at radius 3 is 2.69 bits per heavy atom. The van der Waals surface area contributed by atoms with E-state index >= 15 is 0 Å². The zero-order valence-corrected chi connectivity index (χ0v) is 15.3. The molecule has 26 heavy (non-hydrogen) atoms. The van der Waals surface area contributed by atoms with Crippen LogP contribution >= 0.6 is 11.6 Å². The number of halogens is 1. The van der Waals surface area contributed by atoms with Gasteiger partial charge in [0.2, 0.25) is 17.6 Å². The molecule has 1 unspecified atom stereocenters. The van der Waals surface area contributed by atoms with E-state index in [4.69, 9.17) is 16.1 Å². The predicted octanol–water partition coefficient (Wildman–Crippen LogP) is 4.53. The fourth-order valence-corrected chi connectivity index (χ4v) is 3.36. The number of anilines is 1. The Labute approximate surface area is 156 Å². The Morgan fingerprint density at radius 1 is 1.15 bits per heavy atom. The van der Waals surface area contributed by atoms with Crippen molar-refractivity contribution in [3.8, 4) is 11.4 Å². The van der Waals surface area contributed by atoms with Gasteiger partial charge in [0.1, 0.15) is 0 Å².